The van der Waals surface area contributed by atoms with E-state index in [2.05, 4.69) is 108 Å². The van der Waals surface area contributed by atoms with E-state index in [-0.39, 0.29) is 90.9 Å². The van der Waals surface area contributed by atoms with E-state index in [1.54, 1.807) is 9.80 Å². The van der Waals surface area contributed by atoms with Gasteiger partial charge in [-0.3, -0.25) is 24.1 Å². The van der Waals surface area contributed by atoms with Crippen molar-refractivity contribution in [2.45, 2.75) is 126 Å². The highest BCUT2D eigenvalue weighted by atomic mass is 16.5. The number of hydrogen-bond acceptors (Lipinski definition) is 16. The number of rotatable bonds is 13. The molecule has 18 nitrogen and oxygen atoms in total. The Kier molecular flexibility index (Phi) is 15.5. The second kappa shape index (κ2) is 23.0. The van der Waals surface area contributed by atoms with Gasteiger partial charge in [0.2, 0.25) is 11.8 Å². The van der Waals surface area contributed by atoms with E-state index in [4.69, 9.17) is 36.0 Å². The fourth-order valence-electron chi connectivity index (χ4n) is 15.8. The third-order valence-electron chi connectivity index (χ3n) is 20.2. The fourth-order valence-corrected chi connectivity index (χ4v) is 15.8. The number of allylic oxidation sites excluding steroid dienone is 1. The summed E-state index contributed by atoms with van der Waals surface area (Å²) in [5.74, 6) is 1.18. The fraction of sp³-hybridized carbons (Fsp3) is 0.515. The van der Waals surface area contributed by atoms with E-state index in [1.165, 1.54) is 28.8 Å². The minimum Gasteiger partial charge on any atom is -0.462 e. The quantitative estimate of drug-likeness (QED) is 0.119. The first-order chi connectivity index (χ1) is 40.6. The van der Waals surface area contributed by atoms with Crippen LogP contribution in [0.3, 0.4) is 0 Å². The summed E-state index contributed by atoms with van der Waals surface area (Å²) in [5, 5.41) is 19.7. The number of ether oxygens (including phenoxy) is 2. The third kappa shape index (κ3) is 10.2. The van der Waals surface area contributed by atoms with Gasteiger partial charge in [0.25, 0.3) is 0 Å². The van der Waals surface area contributed by atoms with Gasteiger partial charge in [0.1, 0.15) is 36.2 Å². The van der Waals surface area contributed by atoms with E-state index in [0.29, 0.717) is 114 Å². The van der Waals surface area contributed by atoms with Crippen LogP contribution >= 0.6 is 0 Å². The molecule has 2 spiro atoms. The van der Waals surface area contributed by atoms with E-state index in [1.807, 2.05) is 0 Å². The number of nitrogens with zero attached hydrogens (tertiary/aromatic N) is 12. The van der Waals surface area contributed by atoms with Crippen molar-refractivity contribution in [2.75, 3.05) is 89.5 Å². The molecule has 2 aromatic heterocycles. The number of hydrogen-bond donors (Lipinski definition) is 0. The number of Topliss-reactive ketones (excluding diaryl/α,β-unsaturated/α-hetero) is 2. The lowest BCUT2D eigenvalue weighted by molar-refractivity contribution is -0.129. The topological polar surface area (TPSA) is 205 Å². The number of fused-ring (bicyclic) bond motifs is 4. The van der Waals surface area contributed by atoms with Crippen LogP contribution in [0.15, 0.2) is 74.4 Å². The van der Waals surface area contributed by atoms with Gasteiger partial charge in [-0.05, 0) is 149 Å². The number of nitriles is 2. The van der Waals surface area contributed by atoms with Crippen molar-refractivity contribution in [3.63, 3.8) is 0 Å². The van der Waals surface area contributed by atoms with Gasteiger partial charge in [-0.2, -0.15) is 30.5 Å². The Labute approximate surface area is 492 Å². The molecule has 2 unspecified atom stereocenters. The molecule has 8 atom stereocenters. The molecule has 0 saturated carbocycles. The number of benzene rings is 2. The highest BCUT2D eigenvalue weighted by molar-refractivity contribution is 6.04. The summed E-state index contributed by atoms with van der Waals surface area (Å²) in [5.41, 5.74) is 7.88. The third-order valence-corrected chi connectivity index (χ3v) is 20.2. The van der Waals surface area contributed by atoms with Gasteiger partial charge < -0.3 is 34.0 Å². The van der Waals surface area contributed by atoms with Crippen molar-refractivity contribution in [1.29, 1.82) is 10.5 Å². The average molecular weight is 1130 g/mol. The largest absolute Gasteiger partial charge is 0.462 e. The lowest BCUT2D eigenvalue weighted by Crippen LogP contribution is -2.55. The zero-order valence-electron chi connectivity index (χ0n) is 48.9. The van der Waals surface area contributed by atoms with Gasteiger partial charge in [0, 0.05) is 79.9 Å². The molecule has 0 N–H and O–H groups in total. The van der Waals surface area contributed by atoms with Crippen LogP contribution < -0.4 is 19.3 Å². The minimum atomic E-state index is -0.771. The molecule has 12 rings (SSSR count). The second-order valence-corrected chi connectivity index (χ2v) is 25.2. The first-order valence-electron chi connectivity index (χ1n) is 30.2. The molecule has 4 saturated heterocycles. The number of piperazine rings is 2. The molecule has 0 radical (unpaired) electrons. The molecule has 2 aromatic carbocycles. The zero-order chi connectivity index (χ0) is 58.6. The molecule has 18 heteroatoms. The zero-order valence-corrected chi connectivity index (χ0v) is 48.9. The number of aromatic nitrogens is 4. The summed E-state index contributed by atoms with van der Waals surface area (Å²) in [6.45, 7) is 19.2. The van der Waals surface area contributed by atoms with Crippen LogP contribution in [-0.2, 0) is 35.3 Å². The number of ketones is 2. The molecular formula is C66H76N12O6. The van der Waals surface area contributed by atoms with Gasteiger partial charge in [0.15, 0.2) is 11.6 Å². The Hall–Kier alpha value is -7.80. The maximum Gasteiger partial charge on any atom is 0.319 e. The maximum absolute atomic E-state index is 15.4. The van der Waals surface area contributed by atoms with Crippen molar-refractivity contribution in [1.82, 2.24) is 39.5 Å². The molecular weight excluding hydrogens is 1060 g/mol. The molecule has 4 aliphatic carbocycles. The minimum absolute atomic E-state index is 0.0141. The van der Waals surface area contributed by atoms with Crippen LogP contribution in [-0.4, -0.2) is 167 Å². The van der Waals surface area contributed by atoms with Crippen molar-refractivity contribution in [3.8, 4) is 24.2 Å². The molecule has 0 bridgehead atoms. The number of likely N-dealkylation sites (tertiary alicyclic amines) is 2. The molecule has 4 aromatic rings. The molecule has 4 aliphatic heterocycles. The van der Waals surface area contributed by atoms with E-state index in [9.17, 15) is 20.1 Å². The summed E-state index contributed by atoms with van der Waals surface area (Å²) in [6, 6.07) is 19.2. The molecule has 8 aliphatic rings. The van der Waals surface area contributed by atoms with Gasteiger partial charge in [-0.25, -0.2) is 0 Å². The SMILES string of the molecule is C=CC(=O)N1CCN(c2nc(OC[C@@H]3CCCN3C)nc3c2CC[C@@]2(CC(=C)c4c(cccc4C4C[C@@H](COc5nc6c(c(N7CCN(C(=O)C=C)[C@@H](CC#N)C7)n5)CC[C@]5(Cc7ccccc7C(C)C5)C6=O)N(C)C4)C2)C3=O)C[C@@H]1CC#N. The van der Waals surface area contributed by atoms with Crippen LogP contribution in [0.25, 0.3) is 5.57 Å². The number of anilines is 2. The van der Waals surface area contributed by atoms with Crippen molar-refractivity contribution >= 4 is 40.6 Å². The Morgan fingerprint density at radius 1 is 0.679 bits per heavy atom. The first kappa shape index (κ1) is 56.7. The monoisotopic (exact) mass is 1130 g/mol. The van der Waals surface area contributed by atoms with Crippen molar-refractivity contribution in [2.24, 2.45) is 10.8 Å². The highest BCUT2D eigenvalue weighted by Crippen LogP contribution is 2.53. The lowest BCUT2D eigenvalue weighted by atomic mass is 9.60. The van der Waals surface area contributed by atoms with Crippen LogP contribution in [0.1, 0.15) is 136 Å². The van der Waals surface area contributed by atoms with Gasteiger partial charge in [-0.15, -0.1) is 0 Å². The second-order valence-electron chi connectivity index (χ2n) is 25.2. The van der Waals surface area contributed by atoms with Crippen LogP contribution in [0.2, 0.25) is 0 Å². The highest BCUT2D eigenvalue weighted by Gasteiger charge is 2.51. The average Bonchev–Trinajstić information content (AvgIpc) is 1.23. The summed E-state index contributed by atoms with van der Waals surface area (Å²) >= 11 is 0. The van der Waals surface area contributed by atoms with Crippen LogP contribution in [0, 0.1) is 33.5 Å². The van der Waals surface area contributed by atoms with E-state index in [0.717, 1.165) is 66.6 Å². The van der Waals surface area contributed by atoms with Gasteiger partial charge in [0.05, 0.1) is 37.1 Å². The Morgan fingerprint density at radius 3 is 1.83 bits per heavy atom. The summed E-state index contributed by atoms with van der Waals surface area (Å²) in [4.78, 5) is 88.9. The normalized spacial score (nSPS) is 27.6. The van der Waals surface area contributed by atoms with Crippen LogP contribution in [0.5, 0.6) is 12.0 Å². The Balaban J connectivity index is 0.795. The number of carbonyl (C=O) groups excluding carboxylic acids is 4. The molecule has 4 fully saturated rings. The smallest absolute Gasteiger partial charge is 0.319 e. The number of likely N-dealkylation sites (N-methyl/N-ethyl adjacent to an activating group) is 2. The standard InChI is InChI=1S/C66H76N12O6/c1-7-54(79)77-29-27-75(37-46(77)20-24-67)61-53-19-23-66(60(82)58(53)69-63(71-61)83-39-48-15-12-26-73(48)5)33-42(4)56-44(35-66)14-11-17-51(56)45-31-49(74(6)36-45)40-84-64-70-57-52(62(72-64)76-28-30-78(55(80)8-2)47(38-76)21-25-68)18-22-65(59(57)81)32-41(3)50-16-10-9-13-43(50)34-65/h7-11,13-14,16-17,41,45-49H,1-2,4,12,15,18-23,26-40H2,3,5-6H3/t41?,45?,46-,47-,48-,49-,65-,66-/m0/s1. The molecule has 2 amide bonds. The van der Waals surface area contributed by atoms with Gasteiger partial charge >= 0.3 is 12.0 Å². The maximum atomic E-state index is 15.4. The first-order valence-corrected chi connectivity index (χ1v) is 30.2. The Bertz CT molecular complexity index is 3440. The summed E-state index contributed by atoms with van der Waals surface area (Å²) < 4.78 is 13.1. The summed E-state index contributed by atoms with van der Waals surface area (Å²) in [6.07, 6.45) is 10.6. The predicted molar refractivity (Wildman–Crippen MR) is 318 cm³/mol. The van der Waals surface area contributed by atoms with Crippen LogP contribution in [0.4, 0.5) is 11.6 Å². The van der Waals surface area contributed by atoms with Crippen molar-refractivity contribution in [3.05, 3.63) is 125 Å². The van der Waals surface area contributed by atoms with E-state index >= 15 is 9.59 Å². The number of amides is 2. The molecule has 84 heavy (non-hydrogen) atoms. The molecule has 6 heterocycles. The Morgan fingerprint density at radius 2 is 1.24 bits per heavy atom. The van der Waals surface area contributed by atoms with Crippen molar-refractivity contribution < 1.29 is 28.7 Å². The number of carbonyl (C=O) groups is 4. The summed E-state index contributed by atoms with van der Waals surface area (Å²) in [7, 11) is 4.21. The molecule has 436 valence electrons. The van der Waals surface area contributed by atoms with Gasteiger partial charge in [-0.1, -0.05) is 69.1 Å². The predicted octanol–water partition coefficient (Wildman–Crippen LogP) is 7.48. The van der Waals surface area contributed by atoms with E-state index < -0.39 is 10.8 Å². The lowest BCUT2D eigenvalue weighted by Gasteiger charge is -2.44.